The first-order valence-corrected chi connectivity index (χ1v) is 7.76. The van der Waals surface area contributed by atoms with Crippen LogP contribution in [0, 0.1) is 0 Å². The largest absolute Gasteiger partial charge is 0.383 e. The number of anilines is 1. The molecule has 0 amide bonds. The quantitative estimate of drug-likeness (QED) is 0.730. The molecule has 0 N–H and O–H groups in total. The Balaban J connectivity index is 2.53. The van der Waals surface area contributed by atoms with E-state index < -0.39 is 0 Å². The molecule has 0 fully saturated rings. The third kappa shape index (κ3) is 3.51. The highest BCUT2D eigenvalue weighted by Crippen LogP contribution is 2.28. The van der Waals surface area contributed by atoms with Gasteiger partial charge in [0.25, 0.3) is 0 Å². The van der Waals surface area contributed by atoms with Crippen LogP contribution in [0.3, 0.4) is 0 Å². The van der Waals surface area contributed by atoms with E-state index in [2.05, 4.69) is 26.3 Å². The van der Waals surface area contributed by atoms with Gasteiger partial charge in [0.15, 0.2) is 5.82 Å². The van der Waals surface area contributed by atoms with Crippen LogP contribution in [0.1, 0.15) is 12.7 Å². The Kier molecular flexibility index (Phi) is 5.61. The van der Waals surface area contributed by atoms with Crippen LogP contribution < -0.4 is 4.90 Å². The number of nitrogens with zero attached hydrogens (tertiary/aromatic N) is 5. The van der Waals surface area contributed by atoms with Gasteiger partial charge in [-0.25, -0.2) is 9.97 Å². The lowest BCUT2D eigenvalue weighted by Gasteiger charge is -2.21. The molecule has 0 radical (unpaired) electrons. The second kappa shape index (κ2) is 7.26. The Morgan fingerprint density at radius 1 is 1.32 bits per heavy atom. The van der Waals surface area contributed by atoms with Crippen molar-refractivity contribution < 1.29 is 4.74 Å². The summed E-state index contributed by atoms with van der Waals surface area (Å²) in [5.74, 6) is 1.82. The third-order valence-electron chi connectivity index (χ3n) is 3.62. The van der Waals surface area contributed by atoms with Crippen molar-refractivity contribution in [2.24, 2.45) is 7.05 Å². The normalized spacial score (nSPS) is 11.6. The van der Waals surface area contributed by atoms with E-state index in [1.54, 1.807) is 7.11 Å². The zero-order valence-electron chi connectivity index (χ0n) is 13.9. The minimum Gasteiger partial charge on any atom is -0.383 e. The molecule has 0 unspecified atom stereocenters. The fraction of sp³-hybridized carbons (Fsp3) is 0.600. The van der Waals surface area contributed by atoms with E-state index in [1.807, 2.05) is 27.2 Å². The van der Waals surface area contributed by atoms with E-state index in [0.717, 1.165) is 42.3 Å². The standard InChI is InChI=1S/C15H24ClN5O/c1-6-21(7-8-22-5)15-14-11(9-12(16)17-15)20(4)13(18-14)10-19(2)3/h9H,6-8,10H2,1-5H3. The van der Waals surface area contributed by atoms with E-state index in [-0.39, 0.29) is 0 Å². The Morgan fingerprint density at radius 2 is 2.05 bits per heavy atom. The summed E-state index contributed by atoms with van der Waals surface area (Å²) in [5.41, 5.74) is 1.89. The molecule has 0 spiro atoms. The molecule has 2 heterocycles. The SMILES string of the molecule is CCN(CCOC)c1nc(Cl)cc2c1nc(CN(C)C)n2C. The van der Waals surface area contributed by atoms with Gasteiger partial charge in [0.1, 0.15) is 16.5 Å². The van der Waals surface area contributed by atoms with Crippen LogP contribution in [-0.2, 0) is 18.3 Å². The summed E-state index contributed by atoms with van der Waals surface area (Å²) < 4.78 is 7.26. The average Bonchev–Trinajstić information content (AvgIpc) is 2.76. The van der Waals surface area contributed by atoms with Crippen molar-refractivity contribution in [3.8, 4) is 0 Å². The molecule has 7 heteroatoms. The van der Waals surface area contributed by atoms with Crippen molar-refractivity contribution >= 4 is 28.5 Å². The van der Waals surface area contributed by atoms with Gasteiger partial charge in [0.05, 0.1) is 18.7 Å². The number of methoxy groups -OCH3 is 1. The van der Waals surface area contributed by atoms with Crippen molar-refractivity contribution in [3.63, 3.8) is 0 Å². The van der Waals surface area contributed by atoms with Gasteiger partial charge in [-0.2, -0.15) is 0 Å². The van der Waals surface area contributed by atoms with Gasteiger partial charge in [0.2, 0.25) is 0 Å². The molecular formula is C15H24ClN5O. The maximum Gasteiger partial charge on any atom is 0.158 e. The van der Waals surface area contributed by atoms with E-state index in [9.17, 15) is 0 Å². The maximum absolute atomic E-state index is 6.23. The van der Waals surface area contributed by atoms with Gasteiger partial charge in [-0.3, -0.25) is 0 Å². The van der Waals surface area contributed by atoms with E-state index in [4.69, 9.17) is 21.3 Å². The van der Waals surface area contributed by atoms with Gasteiger partial charge in [-0.05, 0) is 21.0 Å². The number of halogens is 1. The summed E-state index contributed by atoms with van der Waals surface area (Å²) in [6.45, 7) is 5.08. The van der Waals surface area contributed by atoms with E-state index in [1.165, 1.54) is 0 Å². The van der Waals surface area contributed by atoms with Crippen molar-refractivity contribution in [3.05, 3.63) is 17.0 Å². The fourth-order valence-electron chi connectivity index (χ4n) is 2.45. The van der Waals surface area contributed by atoms with Crippen molar-refractivity contribution in [1.82, 2.24) is 19.4 Å². The molecular weight excluding hydrogens is 302 g/mol. The Hall–Kier alpha value is -1.37. The molecule has 0 saturated heterocycles. The van der Waals surface area contributed by atoms with Gasteiger partial charge in [0, 0.05) is 33.3 Å². The van der Waals surface area contributed by atoms with Crippen LogP contribution in [0.4, 0.5) is 5.82 Å². The first kappa shape index (κ1) is 17.0. The van der Waals surface area contributed by atoms with Gasteiger partial charge < -0.3 is 19.1 Å². The smallest absolute Gasteiger partial charge is 0.158 e. The van der Waals surface area contributed by atoms with Crippen LogP contribution in [0.25, 0.3) is 11.0 Å². The number of pyridine rings is 1. The predicted octanol–water partition coefficient (Wildman–Crippen LogP) is 2.16. The Bertz CT molecular complexity index is 640. The highest BCUT2D eigenvalue weighted by molar-refractivity contribution is 6.30. The number of rotatable bonds is 7. The lowest BCUT2D eigenvalue weighted by Crippen LogP contribution is -2.28. The summed E-state index contributed by atoms with van der Waals surface area (Å²) in [5, 5.41) is 0.484. The number of hydrogen-bond acceptors (Lipinski definition) is 5. The van der Waals surface area contributed by atoms with Crippen LogP contribution in [-0.4, -0.2) is 60.3 Å². The van der Waals surface area contributed by atoms with Crippen LogP contribution >= 0.6 is 11.6 Å². The fourth-order valence-corrected chi connectivity index (χ4v) is 2.63. The molecule has 22 heavy (non-hydrogen) atoms. The highest BCUT2D eigenvalue weighted by atomic mass is 35.5. The van der Waals surface area contributed by atoms with Crippen LogP contribution in [0.5, 0.6) is 0 Å². The van der Waals surface area contributed by atoms with Crippen LogP contribution in [0.15, 0.2) is 6.07 Å². The molecule has 0 bridgehead atoms. The van der Waals surface area contributed by atoms with Crippen molar-refractivity contribution in [1.29, 1.82) is 0 Å². The Labute approximate surface area is 136 Å². The lowest BCUT2D eigenvalue weighted by atomic mass is 10.3. The lowest BCUT2D eigenvalue weighted by molar-refractivity contribution is 0.205. The number of aryl methyl sites for hydroxylation is 1. The molecule has 0 atom stereocenters. The number of likely N-dealkylation sites (N-methyl/N-ethyl adjacent to an activating group) is 1. The molecule has 0 aliphatic carbocycles. The Morgan fingerprint density at radius 3 is 2.64 bits per heavy atom. The molecule has 6 nitrogen and oxygen atoms in total. The predicted molar refractivity (Wildman–Crippen MR) is 90.7 cm³/mol. The zero-order valence-corrected chi connectivity index (χ0v) is 14.7. The summed E-state index contributed by atoms with van der Waals surface area (Å²) in [7, 11) is 7.77. The molecule has 122 valence electrons. The number of ether oxygens (including phenoxy) is 1. The molecule has 0 aliphatic rings. The summed E-state index contributed by atoms with van der Waals surface area (Å²) in [4.78, 5) is 13.5. The zero-order chi connectivity index (χ0) is 16.3. The molecule has 0 saturated carbocycles. The molecule has 0 aliphatic heterocycles. The van der Waals surface area contributed by atoms with E-state index in [0.29, 0.717) is 11.8 Å². The van der Waals surface area contributed by atoms with Crippen LogP contribution in [0.2, 0.25) is 5.15 Å². The number of hydrogen-bond donors (Lipinski definition) is 0. The highest BCUT2D eigenvalue weighted by Gasteiger charge is 2.18. The second-order valence-corrected chi connectivity index (χ2v) is 5.92. The maximum atomic E-state index is 6.23. The molecule has 2 aromatic rings. The monoisotopic (exact) mass is 325 g/mol. The molecule has 2 aromatic heterocycles. The topological polar surface area (TPSA) is 46.4 Å². The summed E-state index contributed by atoms with van der Waals surface area (Å²) >= 11 is 6.23. The average molecular weight is 326 g/mol. The van der Waals surface area contributed by atoms with Gasteiger partial charge in [-0.15, -0.1) is 0 Å². The summed E-state index contributed by atoms with van der Waals surface area (Å²) in [6.07, 6.45) is 0. The van der Waals surface area contributed by atoms with E-state index >= 15 is 0 Å². The number of fused-ring (bicyclic) bond motifs is 1. The van der Waals surface area contributed by atoms with Gasteiger partial charge >= 0.3 is 0 Å². The van der Waals surface area contributed by atoms with Crippen molar-refractivity contribution in [2.75, 3.05) is 45.8 Å². The second-order valence-electron chi connectivity index (χ2n) is 5.53. The summed E-state index contributed by atoms with van der Waals surface area (Å²) in [6, 6.07) is 1.87. The first-order chi connectivity index (χ1) is 10.5. The third-order valence-corrected chi connectivity index (χ3v) is 3.81. The minimum absolute atomic E-state index is 0.484. The minimum atomic E-state index is 0.484. The molecule has 0 aromatic carbocycles. The van der Waals surface area contributed by atoms with Crippen molar-refractivity contribution in [2.45, 2.75) is 13.5 Å². The number of aromatic nitrogens is 3. The van der Waals surface area contributed by atoms with Gasteiger partial charge in [-0.1, -0.05) is 11.6 Å². The number of imidazole rings is 1. The first-order valence-electron chi connectivity index (χ1n) is 7.38. The molecule has 2 rings (SSSR count).